The van der Waals surface area contributed by atoms with Crippen molar-refractivity contribution in [2.45, 2.75) is 56.9 Å². The van der Waals surface area contributed by atoms with Crippen LogP contribution in [0.25, 0.3) is 0 Å². The summed E-state index contributed by atoms with van der Waals surface area (Å²) in [7, 11) is 0. The van der Waals surface area contributed by atoms with Gasteiger partial charge >= 0.3 is 0 Å². The lowest BCUT2D eigenvalue weighted by Gasteiger charge is -2.38. The summed E-state index contributed by atoms with van der Waals surface area (Å²) in [6.07, 6.45) is 6.30. The molecular formula is C30H39ClN4O5. The van der Waals surface area contributed by atoms with Crippen LogP contribution in [-0.2, 0) is 23.9 Å². The number of anilines is 1. The zero-order valence-electron chi connectivity index (χ0n) is 23.2. The summed E-state index contributed by atoms with van der Waals surface area (Å²) in [6.45, 7) is 8.32. The number of nitrogens with zero attached hydrogens (tertiary/aromatic N) is 2. The monoisotopic (exact) mass is 570 g/mol. The molecule has 10 heteroatoms. The Bertz CT molecular complexity index is 1190. The number of hydrogen-bond acceptors (Lipinski definition) is 6. The molecule has 6 rings (SSSR count). The average Bonchev–Trinajstić information content (AvgIpc) is 3.58. The van der Waals surface area contributed by atoms with Gasteiger partial charge in [-0.15, -0.1) is 0 Å². The first-order valence-electron chi connectivity index (χ1n) is 14.6. The van der Waals surface area contributed by atoms with Gasteiger partial charge in [0.2, 0.25) is 17.7 Å². The molecule has 0 unspecified atom stereocenters. The van der Waals surface area contributed by atoms with E-state index in [2.05, 4.69) is 29.4 Å². The number of benzene rings is 1. The summed E-state index contributed by atoms with van der Waals surface area (Å²) in [5.41, 5.74) is -0.612. The number of amides is 3. The number of hydrogen-bond donors (Lipinski definition) is 2. The molecule has 4 heterocycles. The summed E-state index contributed by atoms with van der Waals surface area (Å²) in [5.74, 6) is -1.34. The van der Waals surface area contributed by atoms with Crippen LogP contribution in [0.4, 0.5) is 5.69 Å². The van der Waals surface area contributed by atoms with Crippen molar-refractivity contribution in [3.05, 3.63) is 41.4 Å². The predicted octanol–water partition coefficient (Wildman–Crippen LogP) is 2.70. The summed E-state index contributed by atoms with van der Waals surface area (Å²) in [4.78, 5) is 45.9. The van der Waals surface area contributed by atoms with E-state index in [4.69, 9.17) is 21.1 Å². The van der Waals surface area contributed by atoms with Crippen LogP contribution in [0.3, 0.4) is 0 Å². The minimum Gasteiger partial charge on any atom is -0.379 e. The Morgan fingerprint density at radius 2 is 1.93 bits per heavy atom. The molecule has 3 saturated heterocycles. The quantitative estimate of drug-likeness (QED) is 0.489. The van der Waals surface area contributed by atoms with E-state index < -0.39 is 29.6 Å². The number of halogens is 1. The fourth-order valence-corrected chi connectivity index (χ4v) is 7.61. The van der Waals surface area contributed by atoms with Gasteiger partial charge in [0.15, 0.2) is 0 Å². The van der Waals surface area contributed by atoms with E-state index in [1.54, 1.807) is 29.2 Å². The molecule has 0 aromatic heterocycles. The smallest absolute Gasteiger partial charge is 0.246 e. The third-order valence-electron chi connectivity index (χ3n) is 9.81. The first kappa shape index (κ1) is 27.7. The lowest BCUT2D eigenvalue weighted by molar-refractivity contribution is -0.142. The van der Waals surface area contributed by atoms with Crippen LogP contribution in [0, 0.1) is 23.7 Å². The Labute approximate surface area is 240 Å². The second-order valence-electron chi connectivity index (χ2n) is 12.1. The van der Waals surface area contributed by atoms with Crippen molar-refractivity contribution in [2.24, 2.45) is 23.7 Å². The van der Waals surface area contributed by atoms with Gasteiger partial charge in [0.1, 0.15) is 11.6 Å². The Morgan fingerprint density at radius 1 is 1.12 bits per heavy atom. The van der Waals surface area contributed by atoms with E-state index in [0.29, 0.717) is 48.8 Å². The predicted molar refractivity (Wildman–Crippen MR) is 151 cm³/mol. The third kappa shape index (κ3) is 4.85. The molecule has 1 spiro atoms. The van der Waals surface area contributed by atoms with Gasteiger partial charge in [0, 0.05) is 42.9 Å². The molecule has 1 aromatic rings. The van der Waals surface area contributed by atoms with Crippen molar-refractivity contribution < 1.29 is 23.9 Å². The minimum atomic E-state index is -1.17. The molecule has 1 aromatic carbocycles. The van der Waals surface area contributed by atoms with E-state index in [0.717, 1.165) is 32.4 Å². The highest BCUT2D eigenvalue weighted by molar-refractivity contribution is 6.30. The van der Waals surface area contributed by atoms with E-state index in [-0.39, 0.29) is 23.8 Å². The molecule has 2 bridgehead atoms. The number of carbonyl (C=O) groups is 3. The van der Waals surface area contributed by atoms with Crippen molar-refractivity contribution >= 4 is 35.0 Å². The summed E-state index contributed by atoms with van der Waals surface area (Å²) < 4.78 is 12.0. The van der Waals surface area contributed by atoms with Crippen LogP contribution in [0.2, 0.25) is 5.02 Å². The lowest BCUT2D eigenvalue weighted by Crippen LogP contribution is -2.58. The van der Waals surface area contributed by atoms with Gasteiger partial charge < -0.3 is 25.0 Å². The molecular weight excluding hydrogens is 532 g/mol. The number of morpholine rings is 1. The van der Waals surface area contributed by atoms with Crippen molar-refractivity contribution in [3.63, 3.8) is 0 Å². The zero-order valence-corrected chi connectivity index (χ0v) is 23.9. The molecule has 2 N–H and O–H groups in total. The second-order valence-corrected chi connectivity index (χ2v) is 12.5. The molecule has 4 fully saturated rings. The Kier molecular flexibility index (Phi) is 7.67. The zero-order chi connectivity index (χ0) is 28.0. The van der Waals surface area contributed by atoms with Gasteiger partial charge in [-0.25, -0.2) is 0 Å². The topological polar surface area (TPSA) is 100 Å². The van der Waals surface area contributed by atoms with Crippen molar-refractivity contribution in [2.75, 3.05) is 44.7 Å². The maximum atomic E-state index is 14.2. The van der Waals surface area contributed by atoms with E-state index in [9.17, 15) is 14.4 Å². The fourth-order valence-electron chi connectivity index (χ4n) is 7.42. The second kappa shape index (κ2) is 11.1. The van der Waals surface area contributed by atoms with Crippen molar-refractivity contribution in [1.29, 1.82) is 0 Å². The number of ether oxygens (including phenoxy) is 2. The minimum absolute atomic E-state index is 0.0485. The first-order valence-corrected chi connectivity index (χ1v) is 15.0. The van der Waals surface area contributed by atoms with Gasteiger partial charge in [-0.3, -0.25) is 19.3 Å². The molecule has 8 atom stereocenters. The standard InChI is InChI=1S/C30H39ClN4O5/c1-18-5-3-8-22(19(18)2)33-28(37)26-30-10-9-23(40-30)24(27(36)32-21-7-4-6-20(31)17-21)25(30)29(38)35(26)12-11-34-13-15-39-16-14-34/h4,6-7,9-10,17-19,22-26H,3,5,8,11-16H2,1-2H3,(H,32,36)(H,33,37)/t18-,19+,22+,23-,24-,25-,26+,30+/m1/s1. The number of rotatable bonds is 7. The SMILES string of the molecule is C[C@H]1[C@H](C)CCC[C@@H]1NC(=O)[C@@H]1N(CCN2CCOCC2)C(=O)[C@H]2[C@H](C(=O)Nc3cccc(Cl)c3)[C@H]3C=C[C@@]12O3. The van der Waals surface area contributed by atoms with E-state index in [1.807, 2.05) is 12.2 Å². The van der Waals surface area contributed by atoms with Gasteiger partial charge in [-0.2, -0.15) is 0 Å². The highest BCUT2D eigenvalue weighted by Gasteiger charge is 2.72. The average molecular weight is 571 g/mol. The fraction of sp³-hybridized carbons (Fsp3) is 0.633. The van der Waals surface area contributed by atoms with Gasteiger partial charge in [0.25, 0.3) is 0 Å². The summed E-state index contributed by atoms with van der Waals surface area (Å²) in [6, 6.07) is 6.15. The van der Waals surface area contributed by atoms with E-state index >= 15 is 0 Å². The first-order chi connectivity index (χ1) is 19.3. The van der Waals surface area contributed by atoms with Crippen LogP contribution in [0.1, 0.15) is 33.1 Å². The van der Waals surface area contributed by atoms with Crippen molar-refractivity contribution in [3.8, 4) is 0 Å². The molecule has 4 aliphatic heterocycles. The molecule has 40 heavy (non-hydrogen) atoms. The molecule has 216 valence electrons. The molecule has 5 aliphatic rings. The number of nitrogens with one attached hydrogen (secondary N) is 2. The Hall–Kier alpha value is -2.46. The van der Waals surface area contributed by atoms with Crippen LogP contribution < -0.4 is 10.6 Å². The van der Waals surface area contributed by atoms with Crippen LogP contribution in [0.5, 0.6) is 0 Å². The maximum Gasteiger partial charge on any atom is 0.246 e. The maximum absolute atomic E-state index is 14.2. The van der Waals surface area contributed by atoms with Crippen LogP contribution >= 0.6 is 11.6 Å². The number of likely N-dealkylation sites (tertiary alicyclic amines) is 1. The summed E-state index contributed by atoms with van der Waals surface area (Å²) in [5, 5.41) is 6.75. The highest BCUT2D eigenvalue weighted by atomic mass is 35.5. The van der Waals surface area contributed by atoms with Gasteiger partial charge in [0.05, 0.1) is 31.2 Å². The van der Waals surface area contributed by atoms with Crippen molar-refractivity contribution in [1.82, 2.24) is 15.1 Å². The molecule has 9 nitrogen and oxygen atoms in total. The Balaban J connectivity index is 1.27. The number of carbonyl (C=O) groups excluding carboxylic acids is 3. The van der Waals surface area contributed by atoms with Crippen LogP contribution in [0.15, 0.2) is 36.4 Å². The highest BCUT2D eigenvalue weighted by Crippen LogP contribution is 2.55. The van der Waals surface area contributed by atoms with Gasteiger partial charge in [-0.1, -0.05) is 56.5 Å². The van der Waals surface area contributed by atoms with E-state index in [1.165, 1.54) is 0 Å². The largest absolute Gasteiger partial charge is 0.379 e. The Morgan fingerprint density at radius 3 is 2.70 bits per heavy atom. The molecule has 1 saturated carbocycles. The summed E-state index contributed by atoms with van der Waals surface area (Å²) >= 11 is 6.13. The molecule has 3 amide bonds. The van der Waals surface area contributed by atoms with Gasteiger partial charge in [-0.05, 0) is 36.5 Å². The van der Waals surface area contributed by atoms with Crippen LogP contribution in [-0.4, -0.2) is 90.7 Å². The molecule has 1 aliphatic carbocycles. The third-order valence-corrected chi connectivity index (χ3v) is 10.0. The number of fused-ring (bicyclic) bond motifs is 1. The lowest BCUT2D eigenvalue weighted by atomic mass is 9.73. The molecule has 0 radical (unpaired) electrons. The normalized spacial score (nSPS) is 37.0.